The highest BCUT2D eigenvalue weighted by Gasteiger charge is 2.35. The maximum Gasteiger partial charge on any atom is 0.273 e. The summed E-state index contributed by atoms with van der Waals surface area (Å²) >= 11 is 0. The number of nitro groups is 1. The SMILES string of the molecule is COc1cc([N+](=O)[O-])ccc1S(=O)(=O)N1CCCC(C(=O)NCCN)C1. The zero-order valence-electron chi connectivity index (χ0n) is 14.4. The number of carbonyl (C=O) groups excluding carboxylic acids is 1. The molecule has 26 heavy (non-hydrogen) atoms. The van der Waals surface area contributed by atoms with Gasteiger partial charge in [0.25, 0.3) is 5.69 Å². The number of ether oxygens (including phenoxy) is 1. The Morgan fingerprint density at radius 2 is 2.23 bits per heavy atom. The second kappa shape index (κ2) is 8.43. The number of nitro benzene ring substituents is 1. The van der Waals surface area contributed by atoms with Crippen molar-refractivity contribution in [1.82, 2.24) is 9.62 Å². The summed E-state index contributed by atoms with van der Waals surface area (Å²) < 4.78 is 32.2. The molecule has 1 atom stereocenters. The highest BCUT2D eigenvalue weighted by atomic mass is 32.2. The molecule has 11 heteroatoms. The van der Waals surface area contributed by atoms with E-state index in [0.717, 1.165) is 18.2 Å². The van der Waals surface area contributed by atoms with Crippen molar-refractivity contribution in [1.29, 1.82) is 0 Å². The molecule has 1 aromatic rings. The van der Waals surface area contributed by atoms with Crippen molar-refractivity contribution in [3.05, 3.63) is 28.3 Å². The fraction of sp³-hybridized carbons (Fsp3) is 0.533. The molecule has 1 unspecified atom stereocenters. The number of sulfonamides is 1. The molecule has 0 spiro atoms. The van der Waals surface area contributed by atoms with Gasteiger partial charge in [-0.1, -0.05) is 0 Å². The van der Waals surface area contributed by atoms with Crippen molar-refractivity contribution in [3.63, 3.8) is 0 Å². The van der Waals surface area contributed by atoms with Gasteiger partial charge in [0.15, 0.2) is 0 Å². The molecule has 1 aliphatic heterocycles. The first-order valence-electron chi connectivity index (χ1n) is 8.11. The van der Waals surface area contributed by atoms with Crippen LogP contribution >= 0.6 is 0 Å². The van der Waals surface area contributed by atoms with Crippen LogP contribution in [-0.4, -0.2) is 56.8 Å². The standard InChI is InChI=1S/C15H22N4O6S/c1-25-13-9-12(19(21)22)4-5-14(13)26(23,24)18-8-2-3-11(10-18)15(20)17-7-6-16/h4-5,9,11H,2-3,6-8,10,16H2,1H3,(H,17,20). The Bertz CT molecular complexity index is 782. The smallest absolute Gasteiger partial charge is 0.273 e. The number of piperidine rings is 1. The number of benzene rings is 1. The van der Waals surface area contributed by atoms with Gasteiger partial charge in [0.2, 0.25) is 15.9 Å². The number of nitrogens with one attached hydrogen (secondary N) is 1. The second-order valence-corrected chi connectivity index (χ2v) is 7.78. The molecule has 1 aliphatic rings. The van der Waals surface area contributed by atoms with Gasteiger partial charge >= 0.3 is 0 Å². The predicted molar refractivity (Wildman–Crippen MR) is 93.2 cm³/mol. The molecule has 2 rings (SSSR count). The van der Waals surface area contributed by atoms with Gasteiger partial charge < -0.3 is 15.8 Å². The van der Waals surface area contributed by atoms with Crippen LogP contribution in [0.5, 0.6) is 5.75 Å². The lowest BCUT2D eigenvalue weighted by Crippen LogP contribution is -2.46. The minimum atomic E-state index is -3.95. The van der Waals surface area contributed by atoms with Crippen LogP contribution in [0.1, 0.15) is 12.8 Å². The molecular weight excluding hydrogens is 364 g/mol. The highest BCUT2D eigenvalue weighted by molar-refractivity contribution is 7.89. The first-order chi connectivity index (χ1) is 12.3. The van der Waals surface area contributed by atoms with Gasteiger partial charge in [0.1, 0.15) is 10.6 Å². The summed E-state index contributed by atoms with van der Waals surface area (Å²) in [5.74, 6) is -0.797. The quantitative estimate of drug-likeness (QED) is 0.498. The molecule has 1 fully saturated rings. The second-order valence-electron chi connectivity index (χ2n) is 5.87. The van der Waals surface area contributed by atoms with Crippen LogP contribution in [-0.2, 0) is 14.8 Å². The third-order valence-corrected chi connectivity index (χ3v) is 6.08. The van der Waals surface area contributed by atoms with Crippen LogP contribution in [0.3, 0.4) is 0 Å². The summed E-state index contributed by atoms with van der Waals surface area (Å²) in [7, 11) is -2.71. The molecule has 3 N–H and O–H groups in total. The molecule has 1 amide bonds. The summed E-state index contributed by atoms with van der Waals surface area (Å²) in [4.78, 5) is 22.2. The van der Waals surface area contributed by atoms with Gasteiger partial charge in [-0.25, -0.2) is 8.42 Å². The fourth-order valence-electron chi connectivity index (χ4n) is 2.84. The number of hydrogen-bond acceptors (Lipinski definition) is 7. The number of amides is 1. The van der Waals surface area contributed by atoms with Gasteiger partial charge in [-0.15, -0.1) is 0 Å². The molecular formula is C15H22N4O6S. The van der Waals surface area contributed by atoms with Crippen molar-refractivity contribution in [2.75, 3.05) is 33.3 Å². The Labute approximate surface area is 151 Å². The number of nitrogens with zero attached hydrogens (tertiary/aromatic N) is 2. The minimum Gasteiger partial charge on any atom is -0.495 e. The third-order valence-electron chi connectivity index (χ3n) is 4.17. The average Bonchev–Trinajstić information content (AvgIpc) is 2.65. The summed E-state index contributed by atoms with van der Waals surface area (Å²) in [6, 6.07) is 3.34. The lowest BCUT2D eigenvalue weighted by molar-refractivity contribution is -0.385. The monoisotopic (exact) mass is 386 g/mol. The number of carbonyl (C=O) groups is 1. The molecule has 1 aromatic carbocycles. The van der Waals surface area contributed by atoms with Gasteiger partial charge in [-0.3, -0.25) is 14.9 Å². The van der Waals surface area contributed by atoms with Crippen LogP contribution in [0.4, 0.5) is 5.69 Å². The highest BCUT2D eigenvalue weighted by Crippen LogP contribution is 2.32. The number of nitrogens with two attached hydrogens (primary N) is 1. The van der Waals surface area contributed by atoms with E-state index in [1.165, 1.54) is 11.4 Å². The summed E-state index contributed by atoms with van der Waals surface area (Å²) in [6.07, 6.45) is 1.12. The zero-order chi connectivity index (χ0) is 19.3. The van der Waals surface area contributed by atoms with Crippen LogP contribution in [0.25, 0.3) is 0 Å². The Hall–Kier alpha value is -2.24. The van der Waals surface area contributed by atoms with E-state index in [1.54, 1.807) is 0 Å². The fourth-order valence-corrected chi connectivity index (χ4v) is 4.50. The number of non-ortho nitro benzene ring substituents is 1. The Morgan fingerprint density at radius 3 is 2.85 bits per heavy atom. The number of rotatable bonds is 7. The maximum absolute atomic E-state index is 13.0. The first kappa shape index (κ1) is 20.1. The van der Waals surface area contributed by atoms with Crippen LogP contribution < -0.4 is 15.8 Å². The van der Waals surface area contributed by atoms with E-state index >= 15 is 0 Å². The minimum absolute atomic E-state index is 0.0406. The van der Waals surface area contributed by atoms with Crippen molar-refractivity contribution in [2.24, 2.45) is 11.7 Å². The lowest BCUT2D eigenvalue weighted by Gasteiger charge is -2.31. The van der Waals surface area contributed by atoms with Crippen molar-refractivity contribution >= 4 is 21.6 Å². The van der Waals surface area contributed by atoms with Crippen LogP contribution in [0, 0.1) is 16.0 Å². The van der Waals surface area contributed by atoms with Gasteiger partial charge in [0, 0.05) is 32.2 Å². The van der Waals surface area contributed by atoms with Gasteiger partial charge in [-0.2, -0.15) is 4.31 Å². The first-order valence-corrected chi connectivity index (χ1v) is 9.55. The van der Waals surface area contributed by atoms with Gasteiger partial charge in [0.05, 0.1) is 24.0 Å². The molecule has 1 heterocycles. The average molecular weight is 386 g/mol. The molecule has 1 saturated heterocycles. The molecule has 10 nitrogen and oxygen atoms in total. The molecule has 0 aliphatic carbocycles. The molecule has 144 valence electrons. The van der Waals surface area contributed by atoms with Crippen molar-refractivity contribution in [2.45, 2.75) is 17.7 Å². The largest absolute Gasteiger partial charge is 0.495 e. The lowest BCUT2D eigenvalue weighted by atomic mass is 9.99. The Balaban J connectivity index is 2.26. The normalized spacial score (nSPS) is 18.3. The van der Waals surface area contributed by atoms with Crippen LogP contribution in [0.15, 0.2) is 23.1 Å². The van der Waals surface area contributed by atoms with E-state index < -0.39 is 20.9 Å². The topological polar surface area (TPSA) is 145 Å². The van der Waals surface area contributed by atoms with E-state index in [0.29, 0.717) is 25.9 Å². The van der Waals surface area contributed by atoms with Crippen molar-refractivity contribution < 1.29 is 22.9 Å². The molecule has 0 saturated carbocycles. The van der Waals surface area contributed by atoms with E-state index in [2.05, 4.69) is 5.32 Å². The van der Waals surface area contributed by atoms with Crippen molar-refractivity contribution in [3.8, 4) is 5.75 Å². The predicted octanol–water partition coefficient (Wildman–Crippen LogP) is 0.0790. The molecule has 0 bridgehead atoms. The molecule has 0 aromatic heterocycles. The van der Waals surface area contributed by atoms with E-state index in [4.69, 9.17) is 10.5 Å². The summed E-state index contributed by atoms with van der Waals surface area (Å²) in [5, 5.41) is 13.5. The van der Waals surface area contributed by atoms with Crippen LogP contribution in [0.2, 0.25) is 0 Å². The number of methoxy groups -OCH3 is 1. The Morgan fingerprint density at radius 1 is 1.50 bits per heavy atom. The molecule has 0 radical (unpaired) electrons. The van der Waals surface area contributed by atoms with E-state index in [-0.39, 0.29) is 35.3 Å². The van der Waals surface area contributed by atoms with E-state index in [9.17, 15) is 23.3 Å². The third kappa shape index (κ3) is 4.29. The Kier molecular flexibility index (Phi) is 6.51. The zero-order valence-corrected chi connectivity index (χ0v) is 15.2. The summed E-state index contributed by atoms with van der Waals surface area (Å²) in [5.41, 5.74) is 5.10. The van der Waals surface area contributed by atoms with E-state index in [1.807, 2.05) is 0 Å². The summed E-state index contributed by atoms with van der Waals surface area (Å²) in [6.45, 7) is 0.945. The maximum atomic E-state index is 13.0. The number of hydrogen-bond donors (Lipinski definition) is 2. The van der Waals surface area contributed by atoms with Gasteiger partial charge in [-0.05, 0) is 18.9 Å².